The maximum absolute atomic E-state index is 13.2. The van der Waals surface area contributed by atoms with Gasteiger partial charge in [-0.1, -0.05) is 41.7 Å². The quantitative estimate of drug-likeness (QED) is 0.452. The van der Waals surface area contributed by atoms with Gasteiger partial charge in [0, 0.05) is 43.0 Å². The average molecular weight is 451 g/mol. The first-order valence-corrected chi connectivity index (χ1v) is 11.7. The van der Waals surface area contributed by atoms with Crippen LogP contribution in [0.5, 0.6) is 0 Å². The Labute approximate surface area is 188 Å². The minimum absolute atomic E-state index is 0.0480. The fourth-order valence-corrected chi connectivity index (χ4v) is 5.41. The molecule has 0 saturated carbocycles. The van der Waals surface area contributed by atoms with Crippen molar-refractivity contribution in [2.75, 3.05) is 22.9 Å². The van der Waals surface area contributed by atoms with E-state index in [0.29, 0.717) is 18.2 Å². The van der Waals surface area contributed by atoms with E-state index in [-0.39, 0.29) is 6.03 Å². The van der Waals surface area contributed by atoms with Crippen LogP contribution in [0.2, 0.25) is 0 Å². The van der Waals surface area contributed by atoms with E-state index in [2.05, 4.69) is 34.3 Å². The maximum Gasteiger partial charge on any atom is 0.330 e. The molecule has 31 heavy (non-hydrogen) atoms. The minimum atomic E-state index is -0.0480. The fraction of sp³-hybridized carbons (Fsp3) is 0.227. The molecule has 2 amide bonds. The van der Waals surface area contributed by atoms with E-state index in [1.165, 1.54) is 23.3 Å². The first-order valence-electron chi connectivity index (χ1n) is 10.0. The molecule has 9 heteroatoms. The van der Waals surface area contributed by atoms with Gasteiger partial charge in [0.05, 0.1) is 9.90 Å². The molecule has 0 spiro atoms. The molecule has 2 N–H and O–H groups in total. The molecule has 0 unspecified atom stereocenters. The van der Waals surface area contributed by atoms with Crippen molar-refractivity contribution in [3.63, 3.8) is 0 Å². The van der Waals surface area contributed by atoms with E-state index < -0.39 is 0 Å². The Balaban J connectivity index is 1.43. The second kappa shape index (κ2) is 7.99. The summed E-state index contributed by atoms with van der Waals surface area (Å²) in [6, 6.07) is 14.3. The number of rotatable bonds is 4. The van der Waals surface area contributed by atoms with Crippen molar-refractivity contribution in [2.24, 2.45) is 12.2 Å². The molecule has 158 valence electrons. The molecule has 1 aliphatic rings. The van der Waals surface area contributed by atoms with E-state index >= 15 is 0 Å². The number of nitrogens with two attached hydrogens (primary N) is 1. The molecule has 5 rings (SSSR count). The van der Waals surface area contributed by atoms with Crippen molar-refractivity contribution in [1.82, 2.24) is 14.8 Å². The summed E-state index contributed by atoms with van der Waals surface area (Å²) < 4.78 is 2.77. The summed E-state index contributed by atoms with van der Waals surface area (Å²) in [6.45, 7) is 3.27. The first kappa shape index (κ1) is 20.0. The number of hydrogen-bond donors (Lipinski definition) is 1. The van der Waals surface area contributed by atoms with Gasteiger partial charge in [-0.25, -0.2) is 9.78 Å². The van der Waals surface area contributed by atoms with Crippen LogP contribution in [0.1, 0.15) is 12.1 Å². The topological polar surface area (TPSA) is 80.3 Å². The molecule has 2 aromatic carbocycles. The average Bonchev–Trinajstić information content (AvgIpc) is 3.35. The van der Waals surface area contributed by atoms with Crippen molar-refractivity contribution in [2.45, 2.75) is 17.6 Å². The summed E-state index contributed by atoms with van der Waals surface area (Å²) in [6.07, 6.45) is 2.90. The number of carbonyl (C=O) groups excluding carboxylic acids is 1. The van der Waals surface area contributed by atoms with Gasteiger partial charge in [-0.05, 0) is 43.0 Å². The van der Waals surface area contributed by atoms with Gasteiger partial charge >= 0.3 is 6.03 Å². The van der Waals surface area contributed by atoms with Gasteiger partial charge in [-0.3, -0.25) is 19.6 Å². The van der Waals surface area contributed by atoms with Gasteiger partial charge in [0.1, 0.15) is 5.52 Å². The van der Waals surface area contributed by atoms with Crippen LogP contribution in [-0.4, -0.2) is 33.9 Å². The molecule has 0 radical (unpaired) electrons. The Morgan fingerprint density at radius 3 is 2.61 bits per heavy atom. The monoisotopic (exact) mass is 450 g/mol. The largest absolute Gasteiger partial charge is 0.330 e. The van der Waals surface area contributed by atoms with Crippen LogP contribution in [0.15, 0.2) is 52.9 Å². The lowest BCUT2D eigenvalue weighted by Gasteiger charge is -2.34. The zero-order valence-corrected chi connectivity index (χ0v) is 18.9. The molecule has 1 aliphatic heterocycles. The minimum Gasteiger partial charge on any atom is -0.294 e. The van der Waals surface area contributed by atoms with Crippen molar-refractivity contribution in [3.05, 3.63) is 54.4 Å². The van der Waals surface area contributed by atoms with Gasteiger partial charge in [-0.15, -0.1) is 0 Å². The first-order chi connectivity index (χ1) is 15.0. The number of aryl methyl sites for hydroxylation is 2. The molecule has 7 nitrogen and oxygen atoms in total. The van der Waals surface area contributed by atoms with Crippen LogP contribution < -0.4 is 14.9 Å². The van der Waals surface area contributed by atoms with Crippen LogP contribution >= 0.6 is 23.3 Å². The Kier molecular flexibility index (Phi) is 5.17. The van der Waals surface area contributed by atoms with Gasteiger partial charge < -0.3 is 0 Å². The van der Waals surface area contributed by atoms with Crippen molar-refractivity contribution < 1.29 is 4.79 Å². The zero-order valence-electron chi connectivity index (χ0n) is 17.3. The number of thiazole rings is 1. The van der Waals surface area contributed by atoms with Gasteiger partial charge in [-0.2, -0.15) is 5.10 Å². The number of aromatic nitrogens is 3. The third-order valence-corrected chi connectivity index (χ3v) is 7.47. The lowest BCUT2D eigenvalue weighted by atomic mass is 10.0. The summed E-state index contributed by atoms with van der Waals surface area (Å²) >= 11 is 2.64. The van der Waals surface area contributed by atoms with Crippen molar-refractivity contribution in [3.8, 4) is 11.1 Å². The van der Waals surface area contributed by atoms with Gasteiger partial charge in [0.15, 0.2) is 5.13 Å². The SMILES string of the molecule is Cc1nc(N2CCCN(c3ccc(-c4cccc5cn(C)nc45)cc3)C2=O)sc1SN. The number of amides is 2. The number of fused-ring (bicyclic) bond motifs is 1. The Morgan fingerprint density at radius 2 is 1.87 bits per heavy atom. The summed E-state index contributed by atoms with van der Waals surface area (Å²) in [5.41, 5.74) is 4.89. The van der Waals surface area contributed by atoms with Gasteiger partial charge in [0.2, 0.25) is 0 Å². The molecule has 4 aromatic rings. The highest BCUT2D eigenvalue weighted by Crippen LogP contribution is 2.34. The van der Waals surface area contributed by atoms with Crippen LogP contribution in [0, 0.1) is 6.92 Å². The lowest BCUT2D eigenvalue weighted by molar-refractivity contribution is 0.248. The lowest BCUT2D eigenvalue weighted by Crippen LogP contribution is -2.49. The second-order valence-electron chi connectivity index (χ2n) is 7.52. The van der Waals surface area contributed by atoms with E-state index in [1.807, 2.05) is 47.9 Å². The summed E-state index contributed by atoms with van der Waals surface area (Å²) in [5.74, 6) is 0. The smallest absolute Gasteiger partial charge is 0.294 e. The molecule has 0 aliphatic carbocycles. The van der Waals surface area contributed by atoms with E-state index in [9.17, 15) is 4.79 Å². The Bertz CT molecular complexity index is 1260. The van der Waals surface area contributed by atoms with Crippen molar-refractivity contribution in [1.29, 1.82) is 0 Å². The predicted molar refractivity (Wildman–Crippen MR) is 128 cm³/mol. The van der Waals surface area contributed by atoms with Crippen molar-refractivity contribution >= 4 is 51.0 Å². The molecule has 3 heterocycles. The fourth-order valence-electron chi connectivity index (χ4n) is 3.95. The number of anilines is 2. The second-order valence-corrected chi connectivity index (χ2v) is 9.40. The number of urea groups is 1. The highest BCUT2D eigenvalue weighted by Gasteiger charge is 2.30. The van der Waals surface area contributed by atoms with Crippen LogP contribution in [0.4, 0.5) is 15.6 Å². The third-order valence-electron chi connectivity index (χ3n) is 5.45. The summed E-state index contributed by atoms with van der Waals surface area (Å²) in [5, 5.41) is 12.1. The highest BCUT2D eigenvalue weighted by molar-refractivity contribution is 7.99. The number of carbonyl (C=O) groups is 1. The predicted octanol–water partition coefficient (Wildman–Crippen LogP) is 4.81. The molecule has 0 atom stereocenters. The summed E-state index contributed by atoms with van der Waals surface area (Å²) in [7, 11) is 1.93. The van der Waals surface area contributed by atoms with Crippen LogP contribution in [0.25, 0.3) is 22.0 Å². The summed E-state index contributed by atoms with van der Waals surface area (Å²) in [4.78, 5) is 21.4. The normalized spacial score (nSPS) is 14.6. The maximum atomic E-state index is 13.2. The number of benzene rings is 2. The van der Waals surface area contributed by atoms with E-state index in [0.717, 1.165) is 44.0 Å². The molecule has 0 bridgehead atoms. The van der Waals surface area contributed by atoms with E-state index in [4.69, 9.17) is 5.14 Å². The molecule has 1 fully saturated rings. The van der Waals surface area contributed by atoms with E-state index in [1.54, 1.807) is 4.90 Å². The molecule has 1 saturated heterocycles. The highest BCUT2D eigenvalue weighted by atomic mass is 32.2. The third kappa shape index (κ3) is 3.58. The standard InChI is InChI=1S/C22H22N6OS2/c1-14-20(31-23)30-21(24-14)28-12-4-11-27(22(28)29)17-9-7-15(8-10-17)18-6-3-5-16-13-26(2)25-19(16)18/h3,5-10,13H,4,11-12,23H2,1-2H3. The van der Waals surface area contributed by atoms with Crippen LogP contribution in [-0.2, 0) is 7.05 Å². The van der Waals surface area contributed by atoms with Crippen LogP contribution in [0.3, 0.4) is 0 Å². The number of nitrogens with zero attached hydrogens (tertiary/aromatic N) is 5. The molecular formula is C22H22N6OS2. The zero-order chi connectivity index (χ0) is 21.5. The molecule has 2 aromatic heterocycles. The van der Waals surface area contributed by atoms with Gasteiger partial charge in [0.25, 0.3) is 0 Å². The Hall–Kier alpha value is -2.88. The molecular weight excluding hydrogens is 428 g/mol. The Morgan fingerprint density at radius 1 is 1.10 bits per heavy atom. The number of hydrogen-bond acceptors (Lipinski definition) is 6.